The molecule has 3 N–H and O–H groups in total. The van der Waals surface area contributed by atoms with Crippen molar-refractivity contribution in [3.8, 4) is 5.75 Å². The molecule has 0 unspecified atom stereocenters. The van der Waals surface area contributed by atoms with E-state index in [1.165, 1.54) is 6.21 Å². The number of benzene rings is 1. The maximum Gasteiger partial charge on any atom is 0.167 e. The van der Waals surface area contributed by atoms with Crippen molar-refractivity contribution < 1.29 is 14.0 Å². The standard InChI is InChI=1S/C17H30N4O2.C8H6N2O.3C2H6/c1-3-5-21(6-4-2)17-14-15(13-16(18)19-17)23-12-9-20-7-10-22-11-8-20;9-5-7-6-3-1-2-4-8(6)11-10-7;3*1-2/h13-14H,3-12H2,1-2H3,(H2,18,19);1-5,9H;3*1-2H3. The molecular weight excluding hydrogens is 504 g/mol. The molecule has 3 aromatic rings. The Bertz CT molecular complexity index is 1020. The van der Waals surface area contributed by atoms with Crippen LogP contribution in [-0.4, -0.2) is 73.8 Å². The molecular formula is C31H54N6O3. The van der Waals surface area contributed by atoms with E-state index in [-0.39, 0.29) is 0 Å². The van der Waals surface area contributed by atoms with Gasteiger partial charge in [-0.15, -0.1) is 0 Å². The van der Waals surface area contributed by atoms with Crippen molar-refractivity contribution in [3.63, 3.8) is 0 Å². The molecule has 0 aliphatic carbocycles. The fourth-order valence-corrected chi connectivity index (χ4v) is 3.76. The van der Waals surface area contributed by atoms with Crippen molar-refractivity contribution in [3.05, 3.63) is 42.1 Å². The first-order valence-corrected chi connectivity index (χ1v) is 14.9. The van der Waals surface area contributed by atoms with Crippen LogP contribution in [0.5, 0.6) is 5.75 Å². The van der Waals surface area contributed by atoms with Crippen molar-refractivity contribution in [1.82, 2.24) is 15.0 Å². The second-order valence-corrected chi connectivity index (χ2v) is 8.08. The Morgan fingerprint density at radius 1 is 1.00 bits per heavy atom. The molecule has 0 atom stereocenters. The van der Waals surface area contributed by atoms with Crippen LogP contribution in [0.25, 0.3) is 11.0 Å². The van der Waals surface area contributed by atoms with Crippen LogP contribution in [0.3, 0.4) is 0 Å². The highest BCUT2D eigenvalue weighted by molar-refractivity contribution is 5.94. The number of hydrogen-bond donors (Lipinski definition) is 2. The molecule has 3 heterocycles. The van der Waals surface area contributed by atoms with Gasteiger partial charge in [0.2, 0.25) is 0 Å². The van der Waals surface area contributed by atoms with Crippen LogP contribution in [0.2, 0.25) is 0 Å². The van der Waals surface area contributed by atoms with Gasteiger partial charge >= 0.3 is 0 Å². The summed E-state index contributed by atoms with van der Waals surface area (Å²) in [4.78, 5) is 9.09. The zero-order chi connectivity index (χ0) is 30.2. The van der Waals surface area contributed by atoms with E-state index in [9.17, 15) is 0 Å². The van der Waals surface area contributed by atoms with Crippen LogP contribution < -0.4 is 15.4 Å². The molecule has 0 spiro atoms. The Labute approximate surface area is 242 Å². The molecule has 9 heteroatoms. The number of hydrogen-bond acceptors (Lipinski definition) is 9. The largest absolute Gasteiger partial charge is 0.492 e. The predicted molar refractivity (Wildman–Crippen MR) is 170 cm³/mol. The van der Waals surface area contributed by atoms with E-state index in [0.717, 1.165) is 81.3 Å². The van der Waals surface area contributed by atoms with E-state index in [1.54, 1.807) is 6.07 Å². The summed E-state index contributed by atoms with van der Waals surface area (Å²) in [6.45, 7) is 23.5. The summed E-state index contributed by atoms with van der Waals surface area (Å²) < 4.78 is 16.2. The number of nitrogen functional groups attached to an aromatic ring is 1. The van der Waals surface area contributed by atoms with Gasteiger partial charge in [-0.3, -0.25) is 4.90 Å². The van der Waals surface area contributed by atoms with Gasteiger partial charge in [-0.2, -0.15) is 0 Å². The van der Waals surface area contributed by atoms with Crippen molar-refractivity contribution in [2.45, 2.75) is 68.2 Å². The summed E-state index contributed by atoms with van der Waals surface area (Å²) in [5, 5.41) is 11.6. The maximum atomic E-state index is 6.99. The van der Waals surface area contributed by atoms with Crippen molar-refractivity contribution in [2.75, 3.05) is 63.2 Å². The number of ether oxygens (including phenoxy) is 2. The molecule has 40 heavy (non-hydrogen) atoms. The SMILES string of the molecule is CC.CC.CC.CCCN(CCC)c1cc(OCCN2CCOCC2)cc(N)n1.N=Cc1noc2ccccc12. The first-order valence-electron chi connectivity index (χ1n) is 14.9. The maximum absolute atomic E-state index is 6.99. The van der Waals surface area contributed by atoms with Crippen LogP contribution >= 0.6 is 0 Å². The number of anilines is 2. The number of nitrogens with zero attached hydrogens (tertiary/aromatic N) is 4. The summed E-state index contributed by atoms with van der Waals surface area (Å²) in [5.41, 5.74) is 7.27. The van der Waals surface area contributed by atoms with E-state index in [0.29, 0.717) is 18.1 Å². The molecule has 0 bridgehead atoms. The summed E-state index contributed by atoms with van der Waals surface area (Å²) in [6.07, 6.45) is 3.36. The number of nitrogens with one attached hydrogen (secondary N) is 1. The number of nitrogens with two attached hydrogens (primary N) is 1. The van der Waals surface area contributed by atoms with Crippen LogP contribution in [0.4, 0.5) is 11.6 Å². The molecule has 0 amide bonds. The monoisotopic (exact) mass is 558 g/mol. The van der Waals surface area contributed by atoms with E-state index in [2.05, 4.69) is 33.8 Å². The van der Waals surface area contributed by atoms with Gasteiger partial charge in [0.05, 0.1) is 18.6 Å². The van der Waals surface area contributed by atoms with Gasteiger partial charge in [0.15, 0.2) is 5.58 Å². The zero-order valence-corrected chi connectivity index (χ0v) is 26.2. The highest BCUT2D eigenvalue weighted by Gasteiger charge is 2.12. The molecule has 1 saturated heterocycles. The lowest BCUT2D eigenvalue weighted by Crippen LogP contribution is -2.38. The van der Waals surface area contributed by atoms with Crippen molar-refractivity contribution in [2.24, 2.45) is 0 Å². The Balaban J connectivity index is 0.000000743. The minimum atomic E-state index is 0.515. The Hall–Kier alpha value is -3.17. The molecule has 1 aromatic carbocycles. The number of rotatable bonds is 10. The summed E-state index contributed by atoms with van der Waals surface area (Å²) >= 11 is 0. The Morgan fingerprint density at radius 3 is 2.23 bits per heavy atom. The molecule has 4 rings (SSSR count). The average Bonchev–Trinajstić information content (AvgIpc) is 3.44. The molecule has 9 nitrogen and oxygen atoms in total. The van der Waals surface area contributed by atoms with Gasteiger partial charge in [0.1, 0.15) is 29.7 Å². The van der Waals surface area contributed by atoms with Crippen LogP contribution in [-0.2, 0) is 4.74 Å². The van der Waals surface area contributed by atoms with Gasteiger partial charge in [0.25, 0.3) is 0 Å². The number of fused-ring (bicyclic) bond motifs is 1. The van der Waals surface area contributed by atoms with Crippen molar-refractivity contribution in [1.29, 1.82) is 5.41 Å². The van der Waals surface area contributed by atoms with E-state index < -0.39 is 0 Å². The minimum absolute atomic E-state index is 0.515. The lowest BCUT2D eigenvalue weighted by molar-refractivity contribution is 0.0322. The van der Waals surface area contributed by atoms with Crippen LogP contribution in [0.15, 0.2) is 40.9 Å². The molecule has 1 aliphatic rings. The molecule has 2 aromatic heterocycles. The third-order valence-corrected chi connectivity index (χ3v) is 5.44. The predicted octanol–water partition coefficient (Wildman–Crippen LogP) is 6.91. The summed E-state index contributed by atoms with van der Waals surface area (Å²) in [5.74, 6) is 2.23. The van der Waals surface area contributed by atoms with Gasteiger partial charge in [0, 0.05) is 51.1 Å². The third-order valence-electron chi connectivity index (χ3n) is 5.44. The molecule has 1 aliphatic heterocycles. The number of aromatic nitrogens is 2. The molecule has 1 fully saturated rings. The van der Waals surface area contributed by atoms with E-state index in [1.807, 2.05) is 71.9 Å². The lowest BCUT2D eigenvalue weighted by Gasteiger charge is -2.26. The normalized spacial score (nSPS) is 12.2. The molecule has 0 saturated carbocycles. The molecule has 226 valence electrons. The second kappa shape index (κ2) is 23.7. The first kappa shape index (κ1) is 36.8. The van der Waals surface area contributed by atoms with Gasteiger partial charge < -0.3 is 30.0 Å². The third kappa shape index (κ3) is 13.3. The highest BCUT2D eigenvalue weighted by Crippen LogP contribution is 2.22. The molecule has 0 radical (unpaired) electrons. The fourth-order valence-electron chi connectivity index (χ4n) is 3.76. The van der Waals surface area contributed by atoms with E-state index in [4.69, 9.17) is 25.1 Å². The quantitative estimate of drug-likeness (QED) is 0.258. The summed E-state index contributed by atoms with van der Waals surface area (Å²) in [7, 11) is 0. The number of morpholine rings is 1. The number of pyridine rings is 1. The topological polar surface area (TPSA) is 114 Å². The smallest absolute Gasteiger partial charge is 0.167 e. The lowest BCUT2D eigenvalue weighted by atomic mass is 10.2. The van der Waals surface area contributed by atoms with Gasteiger partial charge in [-0.25, -0.2) is 4.98 Å². The number of para-hydroxylation sites is 1. The van der Waals surface area contributed by atoms with Crippen molar-refractivity contribution >= 4 is 28.8 Å². The van der Waals surface area contributed by atoms with Crippen LogP contribution in [0.1, 0.15) is 73.9 Å². The zero-order valence-electron chi connectivity index (χ0n) is 26.2. The first-order chi connectivity index (χ1) is 19.6. The van der Waals surface area contributed by atoms with Crippen LogP contribution in [0, 0.1) is 5.41 Å². The van der Waals surface area contributed by atoms with Gasteiger partial charge in [-0.1, -0.05) is 72.7 Å². The second-order valence-electron chi connectivity index (χ2n) is 8.08. The average molecular weight is 559 g/mol. The Kier molecular flexibility index (Phi) is 21.8. The fraction of sp³-hybridized carbons (Fsp3) is 0.581. The summed E-state index contributed by atoms with van der Waals surface area (Å²) in [6, 6.07) is 11.3. The minimum Gasteiger partial charge on any atom is -0.492 e. The highest BCUT2D eigenvalue weighted by atomic mass is 16.5. The Morgan fingerprint density at radius 2 is 1.62 bits per heavy atom. The van der Waals surface area contributed by atoms with Gasteiger partial charge in [-0.05, 0) is 25.0 Å². The van der Waals surface area contributed by atoms with E-state index >= 15 is 0 Å².